The lowest BCUT2D eigenvalue weighted by molar-refractivity contribution is -0.325. The Morgan fingerprint density at radius 2 is 1.20 bits per heavy atom. The van der Waals surface area contributed by atoms with Gasteiger partial charge in [0.1, 0.15) is 0 Å². The summed E-state index contributed by atoms with van der Waals surface area (Å²) >= 11 is 0. The van der Waals surface area contributed by atoms with Gasteiger partial charge in [-0.2, -0.15) is 26.3 Å². The van der Waals surface area contributed by atoms with Gasteiger partial charge in [0.2, 0.25) is 6.10 Å². The number of alkyl halides is 6. The molecule has 1 nitrogen and oxygen atoms in total. The first-order valence-corrected chi connectivity index (χ1v) is 4.09. The zero-order valence-electron chi connectivity index (χ0n) is 8.46. The Morgan fingerprint density at radius 3 is 1.40 bits per heavy atom. The quantitative estimate of drug-likeness (QED) is 0.668. The fraction of sp³-hybridized carbons (Fsp3) is 1.00. The van der Waals surface area contributed by atoms with E-state index >= 15 is 0 Å². The van der Waals surface area contributed by atoms with Crippen LogP contribution in [0.2, 0.25) is 0 Å². The van der Waals surface area contributed by atoms with Crippen LogP contribution >= 0.6 is 0 Å². The molecule has 0 fully saturated rings. The van der Waals surface area contributed by atoms with Crippen LogP contribution in [-0.4, -0.2) is 25.1 Å². The molecule has 0 aromatic heterocycles. The first kappa shape index (κ1) is 14.5. The van der Waals surface area contributed by atoms with Crippen molar-refractivity contribution in [1.29, 1.82) is 0 Å². The molecular formula is C8H12F6O. The minimum atomic E-state index is -5.43. The first-order chi connectivity index (χ1) is 6.34. The second kappa shape index (κ2) is 4.19. The van der Waals surface area contributed by atoms with Gasteiger partial charge in [0, 0.05) is 0 Å². The minimum absolute atomic E-state index is 0.614. The molecule has 0 rings (SSSR count). The van der Waals surface area contributed by atoms with Gasteiger partial charge < -0.3 is 4.74 Å². The summed E-state index contributed by atoms with van der Waals surface area (Å²) < 4.78 is 75.6. The molecule has 0 amide bonds. The highest BCUT2D eigenvalue weighted by molar-refractivity contribution is 4.77. The predicted octanol–water partition coefficient (Wildman–Crippen LogP) is 3.54. The normalized spacial score (nSPS) is 14.8. The fourth-order valence-corrected chi connectivity index (χ4v) is 0.708. The Kier molecular flexibility index (Phi) is 4.06. The highest BCUT2D eigenvalue weighted by Gasteiger charge is 2.58. The summed E-state index contributed by atoms with van der Waals surface area (Å²) in [5.41, 5.74) is -0.755. The molecular weight excluding hydrogens is 226 g/mol. The number of hydrogen-bond acceptors (Lipinski definition) is 1. The van der Waals surface area contributed by atoms with Gasteiger partial charge in [-0.25, -0.2) is 0 Å². The van der Waals surface area contributed by atoms with Gasteiger partial charge in [-0.1, -0.05) is 20.8 Å². The van der Waals surface area contributed by atoms with Crippen LogP contribution < -0.4 is 0 Å². The van der Waals surface area contributed by atoms with Crippen LogP contribution in [0.3, 0.4) is 0 Å². The first-order valence-electron chi connectivity index (χ1n) is 4.09. The molecule has 0 atom stereocenters. The summed E-state index contributed by atoms with van der Waals surface area (Å²) in [5.74, 6) is 0. The zero-order valence-corrected chi connectivity index (χ0v) is 8.46. The van der Waals surface area contributed by atoms with Crippen LogP contribution in [0.4, 0.5) is 26.3 Å². The molecule has 0 bridgehead atoms. The molecule has 0 spiro atoms. The lowest BCUT2D eigenvalue weighted by Crippen LogP contribution is -2.45. The molecule has 0 saturated heterocycles. The lowest BCUT2D eigenvalue weighted by atomic mass is 9.98. The maximum absolute atomic E-state index is 11.9. The van der Waals surface area contributed by atoms with E-state index in [9.17, 15) is 26.3 Å². The van der Waals surface area contributed by atoms with Gasteiger partial charge >= 0.3 is 12.4 Å². The molecule has 0 aliphatic carbocycles. The third-order valence-electron chi connectivity index (χ3n) is 1.28. The van der Waals surface area contributed by atoms with Crippen molar-refractivity contribution in [3.63, 3.8) is 0 Å². The number of rotatable bonds is 2. The maximum atomic E-state index is 11.9. The average Bonchev–Trinajstić information content (AvgIpc) is 1.75. The van der Waals surface area contributed by atoms with Crippen LogP contribution in [0.5, 0.6) is 0 Å². The van der Waals surface area contributed by atoms with E-state index in [4.69, 9.17) is 0 Å². The third-order valence-corrected chi connectivity index (χ3v) is 1.28. The van der Waals surface area contributed by atoms with Crippen LogP contribution in [0.15, 0.2) is 0 Å². The van der Waals surface area contributed by atoms with E-state index in [2.05, 4.69) is 4.74 Å². The van der Waals surface area contributed by atoms with Crippen molar-refractivity contribution >= 4 is 0 Å². The van der Waals surface area contributed by atoms with Crippen molar-refractivity contribution < 1.29 is 31.1 Å². The Balaban J connectivity index is 4.56. The Labute approximate surface area is 83.4 Å². The highest BCUT2D eigenvalue weighted by Crippen LogP contribution is 2.36. The summed E-state index contributed by atoms with van der Waals surface area (Å²) in [6.45, 7) is 3.83. The highest BCUT2D eigenvalue weighted by atomic mass is 19.4. The smallest absolute Gasteiger partial charge is 0.360 e. The molecule has 0 N–H and O–H groups in total. The van der Waals surface area contributed by atoms with Crippen LogP contribution in [0, 0.1) is 5.41 Å². The summed E-state index contributed by atoms with van der Waals surface area (Å²) in [6.07, 6.45) is -14.6. The zero-order chi connectivity index (χ0) is 12.5. The third kappa shape index (κ3) is 5.86. The van der Waals surface area contributed by atoms with Gasteiger partial charge in [-0.05, 0) is 5.41 Å². The molecule has 0 aromatic rings. The molecule has 0 unspecified atom stereocenters. The summed E-state index contributed by atoms with van der Waals surface area (Å²) in [6, 6.07) is 0. The lowest BCUT2D eigenvalue weighted by Gasteiger charge is -2.27. The molecule has 15 heavy (non-hydrogen) atoms. The topological polar surface area (TPSA) is 9.23 Å². The monoisotopic (exact) mass is 238 g/mol. The van der Waals surface area contributed by atoms with Crippen molar-refractivity contribution in [2.75, 3.05) is 6.61 Å². The van der Waals surface area contributed by atoms with Crippen molar-refractivity contribution in [2.45, 2.75) is 39.2 Å². The molecule has 0 heterocycles. The fourth-order valence-electron chi connectivity index (χ4n) is 0.708. The largest absolute Gasteiger partial charge is 0.423 e. The maximum Gasteiger partial charge on any atom is 0.423 e. The standard InChI is InChI=1S/C8H12F6O/c1-6(2,3)4-15-5(7(9,10)11)8(12,13)14/h5H,4H2,1-3H3. The minimum Gasteiger partial charge on any atom is -0.360 e. The molecule has 0 saturated carbocycles. The number of ether oxygens (including phenoxy) is 1. The van der Waals surface area contributed by atoms with Crippen molar-refractivity contribution in [3.05, 3.63) is 0 Å². The number of halogens is 6. The van der Waals surface area contributed by atoms with E-state index in [-0.39, 0.29) is 0 Å². The predicted molar refractivity (Wildman–Crippen MR) is 41.3 cm³/mol. The van der Waals surface area contributed by atoms with Crippen molar-refractivity contribution in [3.8, 4) is 0 Å². The van der Waals surface area contributed by atoms with Crippen LogP contribution in [0.25, 0.3) is 0 Å². The van der Waals surface area contributed by atoms with Crippen LogP contribution in [0.1, 0.15) is 20.8 Å². The van der Waals surface area contributed by atoms with E-state index in [1.54, 1.807) is 0 Å². The molecule has 0 aliphatic rings. The summed E-state index contributed by atoms with van der Waals surface area (Å²) in [4.78, 5) is 0. The van der Waals surface area contributed by atoms with Gasteiger partial charge in [0.25, 0.3) is 0 Å². The molecule has 0 radical (unpaired) electrons. The van der Waals surface area contributed by atoms with Gasteiger partial charge in [-0.15, -0.1) is 0 Å². The molecule has 92 valence electrons. The van der Waals surface area contributed by atoms with E-state index in [0.717, 1.165) is 0 Å². The summed E-state index contributed by atoms with van der Waals surface area (Å²) in [7, 11) is 0. The second-order valence-corrected chi connectivity index (χ2v) is 4.33. The molecule has 7 heteroatoms. The summed E-state index contributed by atoms with van der Waals surface area (Å²) in [5, 5.41) is 0. The van der Waals surface area contributed by atoms with E-state index < -0.39 is 30.5 Å². The number of hydrogen-bond donors (Lipinski definition) is 0. The average molecular weight is 238 g/mol. The van der Waals surface area contributed by atoms with Gasteiger partial charge in [0.05, 0.1) is 6.61 Å². The van der Waals surface area contributed by atoms with Crippen LogP contribution in [-0.2, 0) is 4.74 Å². The SMILES string of the molecule is CC(C)(C)COC(C(F)(F)F)C(F)(F)F. The van der Waals surface area contributed by atoms with E-state index in [0.29, 0.717) is 0 Å². The molecule has 0 aliphatic heterocycles. The van der Waals surface area contributed by atoms with Gasteiger partial charge in [-0.3, -0.25) is 0 Å². The Morgan fingerprint density at radius 1 is 0.867 bits per heavy atom. The Bertz CT molecular complexity index is 185. The van der Waals surface area contributed by atoms with E-state index in [1.807, 2.05) is 0 Å². The van der Waals surface area contributed by atoms with Crippen molar-refractivity contribution in [2.24, 2.45) is 5.41 Å². The van der Waals surface area contributed by atoms with Crippen molar-refractivity contribution in [1.82, 2.24) is 0 Å². The molecule has 0 aromatic carbocycles. The van der Waals surface area contributed by atoms with Gasteiger partial charge in [0.15, 0.2) is 0 Å². The van der Waals surface area contributed by atoms with E-state index in [1.165, 1.54) is 20.8 Å². The Hall–Kier alpha value is -0.460. The second-order valence-electron chi connectivity index (χ2n) is 4.33.